The summed E-state index contributed by atoms with van der Waals surface area (Å²) >= 11 is 5.10. The Kier molecular flexibility index (Phi) is 5.00. The second-order valence-corrected chi connectivity index (χ2v) is 5.13. The van der Waals surface area contributed by atoms with Gasteiger partial charge in [0.1, 0.15) is 0 Å². The lowest BCUT2D eigenvalue weighted by molar-refractivity contribution is 0.0919. The molecule has 1 heterocycles. The van der Waals surface area contributed by atoms with E-state index in [1.165, 1.54) is 0 Å². The molecule has 0 atom stereocenters. The lowest BCUT2D eigenvalue weighted by atomic mass is 9.92. The average Bonchev–Trinajstić information content (AvgIpc) is 2.35. The van der Waals surface area contributed by atoms with E-state index in [4.69, 9.17) is 18.0 Å². The second-order valence-electron chi connectivity index (χ2n) is 4.69. The first-order valence-corrected chi connectivity index (χ1v) is 6.83. The molecule has 0 aliphatic carbocycles. The number of hydrogen-bond donors (Lipinski definition) is 2. The summed E-state index contributed by atoms with van der Waals surface area (Å²) in [6, 6.07) is 3.60. The lowest BCUT2D eigenvalue weighted by Crippen LogP contribution is -2.56. The van der Waals surface area contributed by atoms with Crippen molar-refractivity contribution in [2.24, 2.45) is 5.73 Å². The second kappa shape index (κ2) is 6.10. The molecule has 0 radical (unpaired) electrons. The third kappa shape index (κ3) is 3.29. The van der Waals surface area contributed by atoms with Gasteiger partial charge in [-0.1, -0.05) is 26.1 Å². The van der Waals surface area contributed by atoms with Gasteiger partial charge in [-0.05, 0) is 38.8 Å². The van der Waals surface area contributed by atoms with Gasteiger partial charge in [0.15, 0.2) is 0 Å². The standard InChI is InChI=1S/C14H21N3OS/c1-5-14(6-2,13(15)19)17-12(18)11-8-7-9(3)16-10(11)4/h7-8H,5-6H2,1-4H3,(H2,15,19)(H,17,18). The van der Waals surface area contributed by atoms with E-state index in [-0.39, 0.29) is 5.91 Å². The van der Waals surface area contributed by atoms with Crippen molar-refractivity contribution in [2.45, 2.75) is 46.1 Å². The Morgan fingerprint density at radius 3 is 2.37 bits per heavy atom. The smallest absolute Gasteiger partial charge is 0.253 e. The number of pyridine rings is 1. The van der Waals surface area contributed by atoms with Crippen LogP contribution in [0.4, 0.5) is 0 Å². The van der Waals surface area contributed by atoms with Crippen molar-refractivity contribution in [3.8, 4) is 0 Å². The molecular formula is C14H21N3OS. The highest BCUT2D eigenvalue weighted by Gasteiger charge is 2.32. The molecule has 1 aromatic heterocycles. The molecule has 1 amide bonds. The third-order valence-electron chi connectivity index (χ3n) is 3.50. The summed E-state index contributed by atoms with van der Waals surface area (Å²) in [5.74, 6) is -0.179. The maximum absolute atomic E-state index is 12.3. The van der Waals surface area contributed by atoms with Crippen molar-refractivity contribution in [1.29, 1.82) is 0 Å². The monoisotopic (exact) mass is 279 g/mol. The van der Waals surface area contributed by atoms with E-state index in [9.17, 15) is 4.79 Å². The summed E-state index contributed by atoms with van der Waals surface area (Å²) in [5, 5.41) is 2.96. The zero-order valence-corrected chi connectivity index (χ0v) is 12.7. The molecule has 0 aromatic carbocycles. The highest BCUT2D eigenvalue weighted by Crippen LogP contribution is 2.17. The van der Waals surface area contributed by atoms with Crippen LogP contribution in [0.5, 0.6) is 0 Å². The molecule has 0 fully saturated rings. The van der Waals surface area contributed by atoms with Crippen LogP contribution in [0.2, 0.25) is 0 Å². The molecule has 5 heteroatoms. The number of hydrogen-bond acceptors (Lipinski definition) is 3. The van der Waals surface area contributed by atoms with E-state index in [1.54, 1.807) is 6.07 Å². The van der Waals surface area contributed by atoms with Gasteiger partial charge in [0.2, 0.25) is 0 Å². The topological polar surface area (TPSA) is 68.0 Å². The highest BCUT2D eigenvalue weighted by atomic mass is 32.1. The molecule has 4 nitrogen and oxygen atoms in total. The Labute approximate surface area is 119 Å². The van der Waals surface area contributed by atoms with Gasteiger partial charge in [-0.25, -0.2) is 0 Å². The SMILES string of the molecule is CCC(CC)(NC(=O)c1ccc(C)nc1C)C(N)=S. The van der Waals surface area contributed by atoms with E-state index in [2.05, 4.69) is 10.3 Å². The predicted octanol–water partition coefficient (Wildman–Crippen LogP) is 2.27. The quantitative estimate of drug-likeness (QED) is 0.811. The summed E-state index contributed by atoms with van der Waals surface area (Å²) in [6.07, 6.45) is 1.34. The van der Waals surface area contributed by atoms with E-state index in [1.807, 2.05) is 33.8 Å². The summed E-state index contributed by atoms with van der Waals surface area (Å²) in [4.78, 5) is 17.0. The minimum Gasteiger partial charge on any atom is -0.391 e. The third-order valence-corrected chi connectivity index (χ3v) is 3.89. The van der Waals surface area contributed by atoms with Crippen molar-refractivity contribution < 1.29 is 4.79 Å². The maximum atomic E-state index is 12.3. The maximum Gasteiger partial charge on any atom is 0.253 e. The Bertz CT molecular complexity index is 495. The first-order chi connectivity index (χ1) is 8.86. The largest absolute Gasteiger partial charge is 0.391 e. The van der Waals surface area contributed by atoms with Gasteiger partial charge in [-0.15, -0.1) is 0 Å². The summed E-state index contributed by atoms with van der Waals surface area (Å²) in [7, 11) is 0. The molecular weight excluding hydrogens is 258 g/mol. The number of nitrogens with zero attached hydrogens (tertiary/aromatic N) is 1. The van der Waals surface area contributed by atoms with Crippen molar-refractivity contribution in [1.82, 2.24) is 10.3 Å². The van der Waals surface area contributed by atoms with Gasteiger partial charge in [-0.3, -0.25) is 9.78 Å². The van der Waals surface area contributed by atoms with Gasteiger partial charge < -0.3 is 11.1 Å². The van der Waals surface area contributed by atoms with Crippen molar-refractivity contribution in [3.05, 3.63) is 29.1 Å². The molecule has 0 aliphatic rings. The minimum atomic E-state index is -0.621. The van der Waals surface area contributed by atoms with Gasteiger partial charge in [-0.2, -0.15) is 0 Å². The van der Waals surface area contributed by atoms with Gasteiger partial charge in [0.05, 0.1) is 21.8 Å². The van der Waals surface area contributed by atoms with E-state index >= 15 is 0 Å². The van der Waals surface area contributed by atoms with Gasteiger partial charge in [0.25, 0.3) is 5.91 Å². The molecule has 104 valence electrons. The molecule has 0 bridgehead atoms. The normalized spacial score (nSPS) is 11.2. The Balaban J connectivity index is 3.04. The number of thiocarbonyl (C=S) groups is 1. The molecule has 1 rings (SSSR count). The highest BCUT2D eigenvalue weighted by molar-refractivity contribution is 7.80. The zero-order valence-electron chi connectivity index (χ0n) is 11.9. The lowest BCUT2D eigenvalue weighted by Gasteiger charge is -2.31. The minimum absolute atomic E-state index is 0.179. The molecule has 0 unspecified atom stereocenters. The van der Waals surface area contributed by atoms with Crippen molar-refractivity contribution in [3.63, 3.8) is 0 Å². The number of carbonyl (C=O) groups is 1. The fourth-order valence-corrected chi connectivity index (χ4v) is 2.39. The molecule has 1 aromatic rings. The first-order valence-electron chi connectivity index (χ1n) is 6.43. The number of aromatic nitrogens is 1. The summed E-state index contributed by atoms with van der Waals surface area (Å²) in [5.41, 5.74) is 7.32. The van der Waals surface area contributed by atoms with Crippen LogP contribution in [0, 0.1) is 13.8 Å². The predicted molar refractivity (Wildman–Crippen MR) is 81.3 cm³/mol. The van der Waals surface area contributed by atoms with Crippen LogP contribution in [-0.4, -0.2) is 21.4 Å². The van der Waals surface area contributed by atoms with Crippen LogP contribution in [-0.2, 0) is 0 Å². The number of carbonyl (C=O) groups excluding carboxylic acids is 1. The van der Waals surface area contributed by atoms with Gasteiger partial charge >= 0.3 is 0 Å². The number of aryl methyl sites for hydroxylation is 2. The molecule has 0 saturated heterocycles. The van der Waals surface area contributed by atoms with Crippen LogP contribution in [0.1, 0.15) is 48.4 Å². The summed E-state index contributed by atoms with van der Waals surface area (Å²) < 4.78 is 0. The Morgan fingerprint density at radius 2 is 1.95 bits per heavy atom. The van der Waals surface area contributed by atoms with Gasteiger partial charge in [0, 0.05) is 5.69 Å². The van der Waals surface area contributed by atoms with E-state index < -0.39 is 5.54 Å². The van der Waals surface area contributed by atoms with Crippen LogP contribution in [0.3, 0.4) is 0 Å². The molecule has 0 saturated carbocycles. The number of nitrogens with two attached hydrogens (primary N) is 1. The fraction of sp³-hybridized carbons (Fsp3) is 0.500. The average molecular weight is 279 g/mol. The Hall–Kier alpha value is -1.49. The molecule has 3 N–H and O–H groups in total. The van der Waals surface area contributed by atoms with Crippen molar-refractivity contribution in [2.75, 3.05) is 0 Å². The number of nitrogens with one attached hydrogen (secondary N) is 1. The van der Waals surface area contributed by atoms with E-state index in [0.717, 1.165) is 5.69 Å². The molecule has 0 spiro atoms. The zero-order chi connectivity index (χ0) is 14.6. The number of amides is 1. The Morgan fingerprint density at radius 1 is 1.37 bits per heavy atom. The summed E-state index contributed by atoms with van der Waals surface area (Å²) in [6.45, 7) is 7.64. The fourth-order valence-electron chi connectivity index (χ4n) is 2.05. The first kappa shape index (κ1) is 15.6. The van der Waals surface area contributed by atoms with Crippen LogP contribution >= 0.6 is 12.2 Å². The molecule has 19 heavy (non-hydrogen) atoms. The van der Waals surface area contributed by atoms with Crippen molar-refractivity contribution >= 4 is 23.1 Å². The van der Waals surface area contributed by atoms with Crippen LogP contribution in [0.15, 0.2) is 12.1 Å². The van der Waals surface area contributed by atoms with E-state index in [0.29, 0.717) is 29.1 Å². The molecule has 0 aliphatic heterocycles. The van der Waals surface area contributed by atoms with Crippen LogP contribution in [0.25, 0.3) is 0 Å². The van der Waals surface area contributed by atoms with Crippen LogP contribution < -0.4 is 11.1 Å². The number of rotatable bonds is 5.